The van der Waals surface area contributed by atoms with E-state index in [1.165, 1.54) is 0 Å². The Morgan fingerprint density at radius 1 is 1.56 bits per heavy atom. The van der Waals surface area contributed by atoms with Crippen LogP contribution in [0.4, 0.5) is 0 Å². The van der Waals surface area contributed by atoms with Crippen molar-refractivity contribution < 1.29 is 4.74 Å². The highest BCUT2D eigenvalue weighted by molar-refractivity contribution is 7.71. The van der Waals surface area contributed by atoms with E-state index in [2.05, 4.69) is 16.5 Å². The summed E-state index contributed by atoms with van der Waals surface area (Å²) in [7, 11) is 0. The van der Waals surface area contributed by atoms with Gasteiger partial charge in [-0.1, -0.05) is 6.08 Å². The van der Waals surface area contributed by atoms with E-state index in [1.54, 1.807) is 6.20 Å². The minimum Gasteiger partial charge on any atom is -0.379 e. The number of ether oxygens (including phenoxy) is 1. The fraction of sp³-hybridized carbons (Fsp3) is 0.385. The highest BCUT2D eigenvalue weighted by atomic mass is 32.1. The van der Waals surface area contributed by atoms with Crippen molar-refractivity contribution in [3.63, 3.8) is 0 Å². The molecule has 0 unspecified atom stereocenters. The van der Waals surface area contributed by atoms with E-state index in [1.807, 2.05) is 23.6 Å². The van der Waals surface area contributed by atoms with Crippen molar-refractivity contribution in [3.05, 3.63) is 35.3 Å². The quantitative estimate of drug-likeness (QED) is 0.495. The lowest BCUT2D eigenvalue weighted by molar-refractivity contribution is 0.131. The van der Waals surface area contributed by atoms with Gasteiger partial charge in [-0.2, -0.15) is 0 Å². The largest absolute Gasteiger partial charge is 0.379 e. The molecule has 2 aromatic rings. The average Bonchev–Trinajstić information content (AvgIpc) is 2.68. The van der Waals surface area contributed by atoms with Crippen LogP contribution in [0.15, 0.2) is 24.9 Å². The zero-order valence-electron chi connectivity index (χ0n) is 10.5. The molecule has 5 heteroatoms. The highest BCUT2D eigenvalue weighted by Gasteiger charge is 2.06. The molecule has 0 amide bonds. The second-order valence-electron chi connectivity index (χ2n) is 4.10. The summed E-state index contributed by atoms with van der Waals surface area (Å²) >= 11 is 5.31. The van der Waals surface area contributed by atoms with Gasteiger partial charge in [-0.15, -0.1) is 6.58 Å². The van der Waals surface area contributed by atoms with Crippen molar-refractivity contribution >= 4 is 23.4 Å². The normalized spacial score (nSPS) is 10.9. The minimum absolute atomic E-state index is 0.630. The third-order valence-corrected chi connectivity index (χ3v) is 3.12. The molecule has 4 nitrogen and oxygen atoms in total. The third-order valence-electron chi connectivity index (χ3n) is 2.80. The van der Waals surface area contributed by atoms with Crippen molar-refractivity contribution in [3.8, 4) is 0 Å². The summed E-state index contributed by atoms with van der Waals surface area (Å²) in [5.41, 5.74) is 3.05. The summed E-state index contributed by atoms with van der Waals surface area (Å²) in [5.74, 6) is 0. The molecule has 2 rings (SSSR count). The summed E-state index contributed by atoms with van der Waals surface area (Å²) < 4.78 is 8.17. The lowest BCUT2D eigenvalue weighted by Crippen LogP contribution is -2.07. The first-order chi connectivity index (χ1) is 8.74. The standard InChI is InChI=1S/C13H17N3OS/c1-3-4-8-17-9-7-16-12-11(15-13(16)18)10(2)5-6-14-12/h3,5-6H,1,4,7-9H2,2H3,(H,15,18). The number of rotatable bonds is 6. The summed E-state index contributed by atoms with van der Waals surface area (Å²) in [6, 6.07) is 1.97. The van der Waals surface area contributed by atoms with Crippen LogP contribution in [0.25, 0.3) is 11.2 Å². The van der Waals surface area contributed by atoms with E-state index in [4.69, 9.17) is 17.0 Å². The summed E-state index contributed by atoms with van der Waals surface area (Å²) in [6.07, 6.45) is 4.52. The Morgan fingerprint density at radius 2 is 2.39 bits per heavy atom. The molecular weight excluding hydrogens is 246 g/mol. The van der Waals surface area contributed by atoms with Crippen molar-refractivity contribution in [1.82, 2.24) is 14.5 Å². The summed E-state index contributed by atoms with van der Waals surface area (Å²) in [4.78, 5) is 7.56. The van der Waals surface area contributed by atoms with E-state index in [0.717, 1.165) is 23.1 Å². The van der Waals surface area contributed by atoms with Crippen LogP contribution < -0.4 is 0 Å². The Balaban J connectivity index is 2.13. The van der Waals surface area contributed by atoms with Crippen LogP contribution in [0, 0.1) is 11.7 Å². The number of aryl methyl sites for hydroxylation is 1. The van der Waals surface area contributed by atoms with Gasteiger partial charge in [0.15, 0.2) is 10.4 Å². The van der Waals surface area contributed by atoms with Gasteiger partial charge in [0.25, 0.3) is 0 Å². The zero-order valence-corrected chi connectivity index (χ0v) is 11.3. The number of aromatic amines is 1. The van der Waals surface area contributed by atoms with Crippen LogP contribution in [0.1, 0.15) is 12.0 Å². The Hall–Kier alpha value is -1.46. The monoisotopic (exact) mass is 263 g/mol. The zero-order chi connectivity index (χ0) is 13.0. The number of hydrogen-bond donors (Lipinski definition) is 1. The maximum atomic E-state index is 5.50. The van der Waals surface area contributed by atoms with Gasteiger partial charge < -0.3 is 9.72 Å². The first-order valence-electron chi connectivity index (χ1n) is 5.97. The predicted octanol–water partition coefficient (Wildman–Crippen LogP) is 3.00. The highest BCUT2D eigenvalue weighted by Crippen LogP contribution is 2.14. The first-order valence-corrected chi connectivity index (χ1v) is 6.37. The average molecular weight is 263 g/mol. The number of H-pyrrole nitrogens is 1. The molecule has 2 heterocycles. The molecule has 0 atom stereocenters. The Labute approximate surface area is 111 Å². The minimum atomic E-state index is 0.630. The number of imidazole rings is 1. The number of fused-ring (bicyclic) bond motifs is 1. The van der Waals surface area contributed by atoms with Gasteiger partial charge in [-0.25, -0.2) is 4.98 Å². The fourth-order valence-corrected chi connectivity index (χ4v) is 2.09. The molecule has 0 radical (unpaired) electrons. The van der Waals surface area contributed by atoms with E-state index in [9.17, 15) is 0 Å². The van der Waals surface area contributed by atoms with Gasteiger partial charge in [0.1, 0.15) is 0 Å². The molecular formula is C13H17N3OS. The third kappa shape index (κ3) is 2.68. The maximum Gasteiger partial charge on any atom is 0.179 e. The molecule has 0 aliphatic rings. The van der Waals surface area contributed by atoms with Crippen LogP contribution in [0.3, 0.4) is 0 Å². The number of nitrogens with zero attached hydrogens (tertiary/aromatic N) is 2. The molecule has 0 spiro atoms. The fourth-order valence-electron chi connectivity index (χ4n) is 1.81. The molecule has 0 aliphatic heterocycles. The molecule has 0 aromatic carbocycles. The lowest BCUT2D eigenvalue weighted by Gasteiger charge is -2.05. The van der Waals surface area contributed by atoms with Crippen molar-refractivity contribution in [2.75, 3.05) is 13.2 Å². The molecule has 0 aliphatic carbocycles. The lowest BCUT2D eigenvalue weighted by atomic mass is 10.3. The van der Waals surface area contributed by atoms with E-state index >= 15 is 0 Å². The van der Waals surface area contributed by atoms with Gasteiger partial charge in [0.2, 0.25) is 0 Å². The molecule has 0 bridgehead atoms. The summed E-state index contributed by atoms with van der Waals surface area (Å²) in [5, 5.41) is 0. The van der Waals surface area contributed by atoms with Crippen LogP contribution >= 0.6 is 12.2 Å². The molecule has 96 valence electrons. The van der Waals surface area contributed by atoms with Crippen LogP contribution in [0.2, 0.25) is 0 Å². The number of aromatic nitrogens is 3. The van der Waals surface area contributed by atoms with Gasteiger partial charge in [-0.3, -0.25) is 4.57 Å². The first kappa shape index (κ1) is 13.0. The summed E-state index contributed by atoms with van der Waals surface area (Å²) in [6.45, 7) is 7.74. The molecule has 2 aromatic heterocycles. The van der Waals surface area contributed by atoms with Gasteiger partial charge in [-0.05, 0) is 37.2 Å². The molecule has 0 saturated carbocycles. The van der Waals surface area contributed by atoms with Crippen molar-refractivity contribution in [2.24, 2.45) is 0 Å². The van der Waals surface area contributed by atoms with E-state index in [0.29, 0.717) is 24.5 Å². The topological polar surface area (TPSA) is 42.8 Å². The van der Waals surface area contributed by atoms with Crippen LogP contribution in [0.5, 0.6) is 0 Å². The predicted molar refractivity (Wildman–Crippen MR) is 75.3 cm³/mol. The number of pyridine rings is 1. The second-order valence-corrected chi connectivity index (χ2v) is 4.48. The van der Waals surface area contributed by atoms with Gasteiger partial charge in [0, 0.05) is 6.20 Å². The molecule has 1 N–H and O–H groups in total. The van der Waals surface area contributed by atoms with E-state index in [-0.39, 0.29) is 0 Å². The van der Waals surface area contributed by atoms with Crippen LogP contribution in [-0.2, 0) is 11.3 Å². The second kappa shape index (κ2) is 5.93. The van der Waals surface area contributed by atoms with Crippen molar-refractivity contribution in [2.45, 2.75) is 19.9 Å². The smallest absolute Gasteiger partial charge is 0.179 e. The molecule has 18 heavy (non-hydrogen) atoms. The Kier molecular flexibility index (Phi) is 4.28. The van der Waals surface area contributed by atoms with Gasteiger partial charge in [0.05, 0.1) is 25.3 Å². The molecule has 0 saturated heterocycles. The number of nitrogens with one attached hydrogen (secondary N) is 1. The SMILES string of the molecule is C=CCCOCCn1c(=S)[nH]c2c(C)ccnc21. The van der Waals surface area contributed by atoms with E-state index < -0.39 is 0 Å². The van der Waals surface area contributed by atoms with Crippen LogP contribution in [-0.4, -0.2) is 27.7 Å². The molecule has 0 fully saturated rings. The number of hydrogen-bond acceptors (Lipinski definition) is 3. The maximum absolute atomic E-state index is 5.50. The van der Waals surface area contributed by atoms with Crippen molar-refractivity contribution in [1.29, 1.82) is 0 Å². The Morgan fingerprint density at radius 3 is 3.17 bits per heavy atom. The Bertz CT molecular complexity index is 600. The van der Waals surface area contributed by atoms with Gasteiger partial charge >= 0.3 is 0 Å².